The standard InChI is InChI=1S/C25H24ClFN2O3/c1-2-31-24(30)15-29-13-12-22-17(14-29)10-11-23(28-22)32-16-18-6-5-8-20(25(18)26)19-7-3-4-9-21(19)27/h3-11H,2,12-16H2,1H3. The van der Waals surface area contributed by atoms with Crippen LogP contribution in [0.2, 0.25) is 5.02 Å². The molecule has 0 N–H and O–H groups in total. The van der Waals surface area contributed by atoms with E-state index in [0.717, 1.165) is 29.8 Å². The van der Waals surface area contributed by atoms with Crippen molar-refractivity contribution in [2.45, 2.75) is 26.5 Å². The zero-order valence-corrected chi connectivity index (χ0v) is 18.6. The monoisotopic (exact) mass is 454 g/mol. The third kappa shape index (κ3) is 5.09. The Morgan fingerprint density at radius 3 is 2.75 bits per heavy atom. The molecule has 0 aliphatic carbocycles. The van der Waals surface area contributed by atoms with E-state index in [-0.39, 0.29) is 24.9 Å². The van der Waals surface area contributed by atoms with Gasteiger partial charge in [0.2, 0.25) is 5.88 Å². The van der Waals surface area contributed by atoms with Crippen LogP contribution in [-0.2, 0) is 29.1 Å². The summed E-state index contributed by atoms with van der Waals surface area (Å²) in [6, 6.07) is 15.8. The molecule has 1 aliphatic heterocycles. The first-order chi connectivity index (χ1) is 15.5. The van der Waals surface area contributed by atoms with Crippen molar-refractivity contribution in [1.29, 1.82) is 0 Å². The average molecular weight is 455 g/mol. The number of nitrogens with zero attached hydrogens (tertiary/aromatic N) is 2. The minimum absolute atomic E-state index is 0.210. The normalized spacial score (nSPS) is 13.5. The number of pyridine rings is 1. The number of esters is 1. The predicted molar refractivity (Wildman–Crippen MR) is 121 cm³/mol. The molecule has 1 aromatic heterocycles. The van der Waals surface area contributed by atoms with Crippen LogP contribution in [0.1, 0.15) is 23.7 Å². The molecule has 0 unspecified atom stereocenters. The molecule has 5 nitrogen and oxygen atoms in total. The Labute approximate surface area is 191 Å². The second-order valence-electron chi connectivity index (χ2n) is 7.57. The van der Waals surface area contributed by atoms with Gasteiger partial charge in [-0.05, 0) is 18.6 Å². The maximum absolute atomic E-state index is 14.2. The van der Waals surface area contributed by atoms with Crippen LogP contribution in [-0.4, -0.2) is 35.5 Å². The molecular formula is C25H24ClFN2O3. The highest BCUT2D eigenvalue weighted by Gasteiger charge is 2.20. The van der Waals surface area contributed by atoms with Crippen molar-refractivity contribution >= 4 is 17.6 Å². The number of rotatable bonds is 7. The van der Waals surface area contributed by atoms with Gasteiger partial charge in [-0.1, -0.05) is 54.1 Å². The lowest BCUT2D eigenvalue weighted by atomic mass is 10.0. The number of fused-ring (bicyclic) bond motifs is 1. The number of benzene rings is 2. The molecule has 4 rings (SSSR count). The van der Waals surface area contributed by atoms with E-state index in [4.69, 9.17) is 21.1 Å². The van der Waals surface area contributed by atoms with E-state index in [9.17, 15) is 9.18 Å². The van der Waals surface area contributed by atoms with Crippen LogP contribution >= 0.6 is 11.6 Å². The van der Waals surface area contributed by atoms with Gasteiger partial charge >= 0.3 is 5.97 Å². The van der Waals surface area contributed by atoms with E-state index in [0.29, 0.717) is 35.2 Å². The van der Waals surface area contributed by atoms with Gasteiger partial charge in [0.15, 0.2) is 0 Å². The van der Waals surface area contributed by atoms with Crippen LogP contribution in [0.5, 0.6) is 5.88 Å². The summed E-state index contributed by atoms with van der Waals surface area (Å²) in [5.74, 6) is -0.0193. The maximum Gasteiger partial charge on any atom is 0.320 e. The predicted octanol–water partition coefficient (Wildman–Crippen LogP) is 5.04. The van der Waals surface area contributed by atoms with Gasteiger partial charge < -0.3 is 9.47 Å². The van der Waals surface area contributed by atoms with Crippen LogP contribution in [0.15, 0.2) is 54.6 Å². The fourth-order valence-electron chi connectivity index (χ4n) is 3.79. The van der Waals surface area contributed by atoms with E-state index in [1.165, 1.54) is 6.07 Å². The average Bonchev–Trinajstić information content (AvgIpc) is 2.79. The first-order valence-corrected chi connectivity index (χ1v) is 10.9. The van der Waals surface area contributed by atoms with E-state index < -0.39 is 0 Å². The smallest absolute Gasteiger partial charge is 0.320 e. The van der Waals surface area contributed by atoms with Gasteiger partial charge in [0.25, 0.3) is 0 Å². The van der Waals surface area contributed by atoms with Gasteiger partial charge in [-0.15, -0.1) is 0 Å². The lowest BCUT2D eigenvalue weighted by Gasteiger charge is -2.27. The SMILES string of the molecule is CCOC(=O)CN1CCc2nc(OCc3cccc(-c4ccccc4F)c3Cl)ccc2C1. The van der Waals surface area contributed by atoms with Gasteiger partial charge in [-0.3, -0.25) is 9.69 Å². The van der Waals surface area contributed by atoms with Crippen molar-refractivity contribution in [2.75, 3.05) is 19.7 Å². The number of hydrogen-bond donors (Lipinski definition) is 0. The van der Waals surface area contributed by atoms with Gasteiger partial charge in [0.1, 0.15) is 12.4 Å². The highest BCUT2D eigenvalue weighted by molar-refractivity contribution is 6.34. The molecule has 0 radical (unpaired) electrons. The highest BCUT2D eigenvalue weighted by atomic mass is 35.5. The van der Waals surface area contributed by atoms with Crippen molar-refractivity contribution in [3.05, 3.63) is 82.3 Å². The van der Waals surface area contributed by atoms with Crippen LogP contribution in [0.4, 0.5) is 4.39 Å². The second-order valence-corrected chi connectivity index (χ2v) is 7.95. The summed E-state index contributed by atoms with van der Waals surface area (Å²) in [4.78, 5) is 18.4. The van der Waals surface area contributed by atoms with Gasteiger partial charge in [-0.2, -0.15) is 0 Å². The van der Waals surface area contributed by atoms with E-state index in [2.05, 4.69) is 9.88 Å². The number of carbonyl (C=O) groups is 1. The largest absolute Gasteiger partial charge is 0.473 e. The fraction of sp³-hybridized carbons (Fsp3) is 0.280. The van der Waals surface area contributed by atoms with E-state index in [1.807, 2.05) is 24.3 Å². The number of aromatic nitrogens is 1. The molecule has 1 aliphatic rings. The lowest BCUT2D eigenvalue weighted by molar-refractivity contribution is -0.144. The molecule has 2 heterocycles. The Bertz CT molecular complexity index is 1120. The van der Waals surface area contributed by atoms with Gasteiger partial charge in [-0.25, -0.2) is 9.37 Å². The Kier molecular flexibility index (Phi) is 7.02. The maximum atomic E-state index is 14.2. The van der Waals surface area contributed by atoms with Crippen LogP contribution in [0.3, 0.4) is 0 Å². The van der Waals surface area contributed by atoms with Crippen molar-refractivity contribution in [1.82, 2.24) is 9.88 Å². The van der Waals surface area contributed by atoms with E-state index in [1.54, 1.807) is 31.2 Å². The van der Waals surface area contributed by atoms with Crippen LogP contribution < -0.4 is 4.74 Å². The number of ether oxygens (including phenoxy) is 2. The second kappa shape index (κ2) is 10.1. The minimum atomic E-state index is -0.319. The Balaban J connectivity index is 1.43. The van der Waals surface area contributed by atoms with Gasteiger partial charge in [0.05, 0.1) is 23.9 Å². The molecule has 0 spiro atoms. The summed E-state index contributed by atoms with van der Waals surface area (Å²) in [6.07, 6.45) is 0.732. The topological polar surface area (TPSA) is 51.7 Å². The van der Waals surface area contributed by atoms with Crippen LogP contribution in [0.25, 0.3) is 11.1 Å². The molecule has 7 heteroatoms. The molecule has 32 heavy (non-hydrogen) atoms. The summed E-state index contributed by atoms with van der Waals surface area (Å²) >= 11 is 6.57. The number of carbonyl (C=O) groups excluding carboxylic acids is 1. The van der Waals surface area contributed by atoms with Crippen LogP contribution in [0, 0.1) is 5.82 Å². The minimum Gasteiger partial charge on any atom is -0.473 e. The van der Waals surface area contributed by atoms with Crippen molar-refractivity contribution < 1.29 is 18.7 Å². The molecule has 0 saturated heterocycles. The zero-order valence-electron chi connectivity index (χ0n) is 17.8. The fourth-order valence-corrected chi connectivity index (χ4v) is 4.07. The first-order valence-electron chi connectivity index (χ1n) is 10.6. The van der Waals surface area contributed by atoms with Crippen molar-refractivity contribution in [2.24, 2.45) is 0 Å². The number of hydrogen-bond acceptors (Lipinski definition) is 5. The summed E-state index contributed by atoms with van der Waals surface area (Å²) in [5.41, 5.74) is 3.89. The summed E-state index contributed by atoms with van der Waals surface area (Å²) < 4.78 is 25.1. The lowest BCUT2D eigenvalue weighted by Crippen LogP contribution is -2.36. The quantitative estimate of drug-likeness (QED) is 0.468. The van der Waals surface area contributed by atoms with Crippen molar-refractivity contribution in [3.63, 3.8) is 0 Å². The molecular weight excluding hydrogens is 431 g/mol. The molecule has 0 fully saturated rings. The molecule has 0 atom stereocenters. The van der Waals surface area contributed by atoms with Gasteiger partial charge in [0, 0.05) is 42.3 Å². The number of halogens is 2. The van der Waals surface area contributed by atoms with Crippen molar-refractivity contribution in [3.8, 4) is 17.0 Å². The third-order valence-corrected chi connectivity index (χ3v) is 5.82. The Morgan fingerprint density at radius 2 is 1.94 bits per heavy atom. The van der Waals surface area contributed by atoms with E-state index >= 15 is 0 Å². The molecule has 2 aromatic carbocycles. The first kappa shape index (κ1) is 22.2. The molecule has 0 bridgehead atoms. The Morgan fingerprint density at radius 1 is 1.12 bits per heavy atom. The Hall–Kier alpha value is -2.96. The molecule has 3 aromatic rings. The third-order valence-electron chi connectivity index (χ3n) is 5.38. The highest BCUT2D eigenvalue weighted by Crippen LogP contribution is 2.33. The zero-order chi connectivity index (χ0) is 22.5. The summed E-state index contributed by atoms with van der Waals surface area (Å²) in [7, 11) is 0. The molecule has 0 amide bonds. The summed E-state index contributed by atoms with van der Waals surface area (Å²) in [6.45, 7) is 4.08. The molecule has 0 saturated carbocycles. The summed E-state index contributed by atoms with van der Waals surface area (Å²) in [5, 5.41) is 0.463. The molecule has 166 valence electrons.